The summed E-state index contributed by atoms with van der Waals surface area (Å²) in [6.07, 6.45) is 0.765. The highest BCUT2D eigenvalue weighted by atomic mass is 79.9. The number of hydrogen-bond donors (Lipinski definition) is 0. The number of rotatable bonds is 2. The van der Waals surface area contributed by atoms with Gasteiger partial charge in [0, 0.05) is 22.5 Å². The zero-order chi connectivity index (χ0) is 17.6. The summed E-state index contributed by atoms with van der Waals surface area (Å²) >= 11 is 3.46. The lowest BCUT2D eigenvalue weighted by molar-refractivity contribution is -0.540. The maximum absolute atomic E-state index is 12.1. The minimum absolute atomic E-state index is 0.0326. The van der Waals surface area contributed by atoms with Crippen molar-refractivity contribution in [3.05, 3.63) is 79.8 Å². The van der Waals surface area contributed by atoms with E-state index in [9.17, 15) is 10.1 Å². The molecule has 4 rings (SSSR count). The van der Waals surface area contributed by atoms with E-state index in [0.717, 1.165) is 29.5 Å². The fraction of sp³-hybridized carbons (Fsp3) is 0.400. The molecule has 2 aromatic rings. The third-order valence-electron chi connectivity index (χ3n) is 5.79. The Hall–Kier alpha value is -1.72. The Morgan fingerprint density at radius 2 is 1.80 bits per heavy atom. The largest absolute Gasteiger partial charge is 0.289 e. The van der Waals surface area contributed by atoms with E-state index in [1.807, 2.05) is 30.3 Å². The zero-order valence-electron chi connectivity index (χ0n) is 14.1. The van der Waals surface area contributed by atoms with Crippen LogP contribution in [0, 0.1) is 16.0 Å². The molecule has 2 aromatic carbocycles. The summed E-state index contributed by atoms with van der Waals surface area (Å²) in [4.78, 5) is 14.4. The molecule has 0 aliphatic carbocycles. The van der Waals surface area contributed by atoms with Gasteiger partial charge in [-0.25, -0.2) is 0 Å². The molecular formula is C20H21BrN2O2. The van der Waals surface area contributed by atoms with Crippen LogP contribution in [0.15, 0.2) is 53.0 Å². The van der Waals surface area contributed by atoms with Crippen molar-refractivity contribution >= 4 is 15.9 Å². The molecule has 0 spiro atoms. The van der Waals surface area contributed by atoms with Crippen molar-refractivity contribution in [1.82, 2.24) is 4.90 Å². The van der Waals surface area contributed by atoms with Crippen molar-refractivity contribution in [3.8, 4) is 0 Å². The molecule has 1 saturated heterocycles. The second-order valence-corrected chi connectivity index (χ2v) is 8.22. The molecule has 0 unspecified atom stereocenters. The van der Waals surface area contributed by atoms with Crippen LogP contribution in [0.4, 0.5) is 0 Å². The van der Waals surface area contributed by atoms with Crippen molar-refractivity contribution in [2.45, 2.75) is 37.9 Å². The van der Waals surface area contributed by atoms with E-state index in [0.29, 0.717) is 0 Å². The maximum atomic E-state index is 12.1. The van der Waals surface area contributed by atoms with E-state index >= 15 is 0 Å². The second-order valence-electron chi connectivity index (χ2n) is 7.30. The summed E-state index contributed by atoms with van der Waals surface area (Å²) in [6.45, 7) is 3.88. The van der Waals surface area contributed by atoms with Crippen molar-refractivity contribution in [2.24, 2.45) is 5.92 Å². The quantitative estimate of drug-likeness (QED) is 0.558. The first kappa shape index (κ1) is 16.7. The number of nitrogens with zero attached hydrogens (tertiary/aromatic N) is 2. The van der Waals surface area contributed by atoms with Gasteiger partial charge in [-0.2, -0.15) is 0 Å². The predicted octanol–water partition coefficient (Wildman–Crippen LogP) is 4.25. The lowest BCUT2D eigenvalue weighted by Crippen LogP contribution is -2.59. The predicted molar refractivity (Wildman–Crippen MR) is 101 cm³/mol. The van der Waals surface area contributed by atoms with Gasteiger partial charge in [-0.05, 0) is 41.2 Å². The molecule has 0 radical (unpaired) electrons. The first-order valence-corrected chi connectivity index (χ1v) is 9.53. The molecule has 5 heteroatoms. The first-order valence-electron chi connectivity index (χ1n) is 8.74. The lowest BCUT2D eigenvalue weighted by Gasteiger charge is -2.47. The van der Waals surface area contributed by atoms with Gasteiger partial charge in [0.25, 0.3) is 0 Å². The minimum Gasteiger partial charge on any atom is -0.289 e. The Bertz CT molecular complexity index is 793. The van der Waals surface area contributed by atoms with Crippen LogP contribution in [0.5, 0.6) is 0 Å². The molecule has 2 heterocycles. The fourth-order valence-corrected chi connectivity index (χ4v) is 4.94. The highest BCUT2D eigenvalue weighted by Gasteiger charge is 2.50. The number of piperidine rings is 1. The van der Waals surface area contributed by atoms with Crippen molar-refractivity contribution in [1.29, 1.82) is 0 Å². The zero-order valence-corrected chi connectivity index (χ0v) is 15.7. The third-order valence-corrected chi connectivity index (χ3v) is 6.31. The van der Waals surface area contributed by atoms with E-state index in [2.05, 4.69) is 46.0 Å². The Morgan fingerprint density at radius 3 is 2.48 bits per heavy atom. The van der Waals surface area contributed by atoms with Crippen LogP contribution in [-0.4, -0.2) is 28.5 Å². The molecule has 2 aliphatic heterocycles. The lowest BCUT2D eigenvalue weighted by atomic mass is 9.72. The van der Waals surface area contributed by atoms with Crippen LogP contribution in [0.2, 0.25) is 0 Å². The van der Waals surface area contributed by atoms with Gasteiger partial charge in [0.1, 0.15) is 0 Å². The monoisotopic (exact) mass is 400 g/mol. The Kier molecular flexibility index (Phi) is 4.38. The van der Waals surface area contributed by atoms with Gasteiger partial charge < -0.3 is 0 Å². The standard InChI is InChI=1S/C20H21BrN2O2/c1-13-11-22-12-16-5-3-2-4-15(16)10-18(22)20(23(24)25)19(13)14-6-8-17(21)9-7-14/h2-9,13,18-20H,10-12H2,1H3/t13-,18+,19-,20+/m0/s1. The van der Waals surface area contributed by atoms with Crippen molar-refractivity contribution in [2.75, 3.05) is 6.54 Å². The molecule has 0 N–H and O–H groups in total. The molecule has 0 aromatic heterocycles. The molecule has 0 saturated carbocycles. The fourth-order valence-electron chi connectivity index (χ4n) is 4.68. The molecule has 0 bridgehead atoms. The average Bonchev–Trinajstić information content (AvgIpc) is 2.59. The number of halogens is 1. The average molecular weight is 401 g/mol. The van der Waals surface area contributed by atoms with Crippen LogP contribution in [0.3, 0.4) is 0 Å². The highest BCUT2D eigenvalue weighted by molar-refractivity contribution is 9.10. The molecule has 0 amide bonds. The second kappa shape index (κ2) is 6.54. The molecular weight excluding hydrogens is 380 g/mol. The van der Waals surface area contributed by atoms with Crippen LogP contribution in [-0.2, 0) is 13.0 Å². The summed E-state index contributed by atoms with van der Waals surface area (Å²) in [5, 5.41) is 12.1. The topological polar surface area (TPSA) is 46.4 Å². The van der Waals surface area contributed by atoms with E-state index in [1.165, 1.54) is 11.1 Å². The van der Waals surface area contributed by atoms with Gasteiger partial charge in [0.2, 0.25) is 6.04 Å². The van der Waals surface area contributed by atoms with Gasteiger partial charge in [-0.1, -0.05) is 59.3 Å². The van der Waals surface area contributed by atoms with Crippen molar-refractivity contribution in [3.63, 3.8) is 0 Å². The molecule has 2 aliphatic rings. The van der Waals surface area contributed by atoms with E-state index in [1.54, 1.807) is 0 Å². The van der Waals surface area contributed by atoms with Gasteiger partial charge in [0.15, 0.2) is 0 Å². The Balaban J connectivity index is 1.73. The molecule has 4 nitrogen and oxygen atoms in total. The van der Waals surface area contributed by atoms with Gasteiger partial charge in [0.05, 0.1) is 12.0 Å². The normalized spacial score (nSPS) is 28.9. The summed E-state index contributed by atoms with van der Waals surface area (Å²) in [7, 11) is 0. The van der Waals surface area contributed by atoms with Crippen LogP contribution in [0.1, 0.15) is 29.5 Å². The molecule has 4 atom stereocenters. The third kappa shape index (κ3) is 3.00. The summed E-state index contributed by atoms with van der Waals surface area (Å²) in [6, 6.07) is 15.8. The van der Waals surface area contributed by atoms with Crippen LogP contribution in [0.25, 0.3) is 0 Å². The van der Waals surface area contributed by atoms with Crippen molar-refractivity contribution < 1.29 is 4.92 Å². The van der Waals surface area contributed by atoms with Gasteiger partial charge >= 0.3 is 0 Å². The summed E-state index contributed by atoms with van der Waals surface area (Å²) < 4.78 is 1.01. The Labute approximate surface area is 156 Å². The molecule has 130 valence electrons. The number of benzene rings is 2. The van der Waals surface area contributed by atoms with E-state index < -0.39 is 6.04 Å². The molecule has 1 fully saturated rings. The van der Waals surface area contributed by atoms with Crippen LogP contribution < -0.4 is 0 Å². The number of fused-ring (bicyclic) bond motifs is 2. The van der Waals surface area contributed by atoms with E-state index in [4.69, 9.17) is 0 Å². The number of nitro groups is 1. The first-order chi connectivity index (χ1) is 12.0. The summed E-state index contributed by atoms with van der Waals surface area (Å²) in [5.74, 6) is 0.202. The molecule has 25 heavy (non-hydrogen) atoms. The minimum atomic E-state index is -0.571. The van der Waals surface area contributed by atoms with E-state index in [-0.39, 0.29) is 22.8 Å². The van der Waals surface area contributed by atoms with Crippen LogP contribution >= 0.6 is 15.9 Å². The maximum Gasteiger partial charge on any atom is 0.235 e. The Morgan fingerprint density at radius 1 is 1.12 bits per heavy atom. The SMILES string of the molecule is C[C@H]1CN2Cc3ccccc3C[C@@H]2[C@@H]([N+](=O)[O-])[C@@H]1c1ccc(Br)cc1. The summed E-state index contributed by atoms with van der Waals surface area (Å²) in [5.41, 5.74) is 3.66. The highest BCUT2D eigenvalue weighted by Crippen LogP contribution is 2.41. The van der Waals surface area contributed by atoms with Gasteiger partial charge in [-0.15, -0.1) is 0 Å². The van der Waals surface area contributed by atoms with Gasteiger partial charge in [-0.3, -0.25) is 15.0 Å². The smallest absolute Gasteiger partial charge is 0.235 e. The number of hydrogen-bond acceptors (Lipinski definition) is 3.